The van der Waals surface area contributed by atoms with Crippen LogP contribution in [0.5, 0.6) is 0 Å². The smallest absolute Gasteiger partial charge is 0.0969 e. The van der Waals surface area contributed by atoms with Crippen molar-refractivity contribution in [2.24, 2.45) is 0 Å². The Morgan fingerprint density at radius 1 is 0.700 bits per heavy atom. The van der Waals surface area contributed by atoms with Crippen LogP contribution in [0, 0.1) is 0 Å². The second kappa shape index (κ2) is 21.0. The average molecular weight is 488 g/mol. The average Bonchev–Trinajstić information content (AvgIpc) is 2.89. The van der Waals surface area contributed by atoms with Crippen LogP contribution in [-0.4, -0.2) is 55.7 Å². The van der Waals surface area contributed by atoms with Crippen molar-refractivity contribution < 1.29 is 21.5 Å². The normalized spacial score (nSPS) is 19.9. The minimum absolute atomic E-state index is 0. The number of hydrogen-bond donors (Lipinski definition) is 0. The van der Waals surface area contributed by atoms with Crippen molar-refractivity contribution in [2.45, 2.75) is 116 Å². The molecule has 1 fully saturated rings. The number of rotatable bonds is 19. The van der Waals surface area contributed by atoms with E-state index < -0.39 is 0 Å². The lowest BCUT2D eigenvalue weighted by Crippen LogP contribution is -3.00. The number of quaternary nitrogens is 1. The lowest BCUT2D eigenvalue weighted by molar-refractivity contribution is -0.902. The van der Waals surface area contributed by atoms with Gasteiger partial charge in [0.15, 0.2) is 0 Å². The largest absolute Gasteiger partial charge is 1.00 e. The zero-order chi connectivity index (χ0) is 21.0. The van der Waals surface area contributed by atoms with Gasteiger partial charge in [-0.2, -0.15) is 0 Å². The molecule has 0 saturated carbocycles. The highest BCUT2D eigenvalue weighted by Gasteiger charge is 2.24. The van der Waals surface area contributed by atoms with E-state index in [9.17, 15) is 0 Å². The fourth-order valence-corrected chi connectivity index (χ4v) is 4.88. The Morgan fingerprint density at radius 3 is 1.63 bits per heavy atom. The summed E-state index contributed by atoms with van der Waals surface area (Å²) in [5.74, 6) is 0. The quantitative estimate of drug-likeness (QED) is 0.146. The minimum atomic E-state index is 0. The van der Waals surface area contributed by atoms with E-state index in [2.05, 4.69) is 31.5 Å². The summed E-state index contributed by atoms with van der Waals surface area (Å²) in [5, 5.41) is 0. The molecule has 1 aliphatic heterocycles. The van der Waals surface area contributed by atoms with Crippen LogP contribution in [0.4, 0.5) is 0 Å². The molecule has 3 heteroatoms. The maximum Gasteiger partial charge on any atom is 0.0969 e. The summed E-state index contributed by atoms with van der Waals surface area (Å²) in [4.78, 5) is 2.72. The first-order chi connectivity index (χ1) is 14.2. The van der Waals surface area contributed by atoms with Gasteiger partial charge in [0, 0.05) is 19.5 Å². The fourth-order valence-electron chi connectivity index (χ4n) is 4.88. The zero-order valence-electron chi connectivity index (χ0n) is 20.8. The Hall–Kier alpha value is 0.140. The van der Waals surface area contributed by atoms with E-state index in [-0.39, 0.29) is 17.0 Å². The first kappa shape index (κ1) is 30.1. The molecular weight excluding hydrogens is 432 g/mol. The first-order valence-electron chi connectivity index (χ1n) is 13.4. The molecule has 0 N–H and O–H groups in total. The van der Waals surface area contributed by atoms with Gasteiger partial charge in [0.05, 0.1) is 26.7 Å². The van der Waals surface area contributed by atoms with Crippen molar-refractivity contribution in [3.8, 4) is 0 Å². The molecular formula is C27H55BrN2. The van der Waals surface area contributed by atoms with Crippen molar-refractivity contribution in [1.82, 2.24) is 4.90 Å². The maximum absolute atomic E-state index is 3.94. The van der Waals surface area contributed by atoms with Crippen molar-refractivity contribution in [2.75, 3.05) is 46.3 Å². The van der Waals surface area contributed by atoms with Gasteiger partial charge in [0.1, 0.15) is 0 Å². The topological polar surface area (TPSA) is 3.24 Å². The van der Waals surface area contributed by atoms with Gasteiger partial charge in [-0.05, 0) is 19.0 Å². The van der Waals surface area contributed by atoms with E-state index in [0.29, 0.717) is 0 Å². The Kier molecular flexibility index (Phi) is 21.1. The predicted octanol–water partition coefficient (Wildman–Crippen LogP) is 4.59. The van der Waals surface area contributed by atoms with Gasteiger partial charge in [-0.15, -0.1) is 0 Å². The van der Waals surface area contributed by atoms with Crippen molar-refractivity contribution in [1.29, 1.82) is 0 Å². The van der Waals surface area contributed by atoms with E-state index in [1.807, 2.05) is 0 Å². The third-order valence-electron chi connectivity index (χ3n) is 7.03. The molecule has 0 aliphatic carbocycles. The second-order valence-corrected chi connectivity index (χ2v) is 10.0. The maximum atomic E-state index is 3.94. The van der Waals surface area contributed by atoms with E-state index in [1.54, 1.807) is 0 Å². The van der Waals surface area contributed by atoms with Crippen molar-refractivity contribution in [3.05, 3.63) is 12.7 Å². The molecule has 0 aromatic carbocycles. The summed E-state index contributed by atoms with van der Waals surface area (Å²) < 4.78 is 1.19. The summed E-state index contributed by atoms with van der Waals surface area (Å²) >= 11 is 0. The Balaban J connectivity index is 0.00000841. The van der Waals surface area contributed by atoms with Crippen molar-refractivity contribution in [3.63, 3.8) is 0 Å². The number of likely N-dealkylation sites (N-methyl/N-ethyl adjacent to an activating group) is 1. The van der Waals surface area contributed by atoms with Gasteiger partial charge < -0.3 is 21.5 Å². The third kappa shape index (κ3) is 16.8. The lowest BCUT2D eigenvalue weighted by Gasteiger charge is -2.32. The van der Waals surface area contributed by atoms with Gasteiger partial charge in [0.25, 0.3) is 0 Å². The number of hydrogen-bond acceptors (Lipinski definition) is 1. The van der Waals surface area contributed by atoms with Crippen molar-refractivity contribution >= 4 is 0 Å². The molecule has 1 atom stereocenters. The molecule has 1 heterocycles. The van der Waals surface area contributed by atoms with Crippen LogP contribution in [0.3, 0.4) is 0 Å². The Bertz CT molecular complexity index is 374. The number of unbranched alkanes of at least 4 members (excludes halogenated alkanes) is 15. The van der Waals surface area contributed by atoms with Gasteiger partial charge >= 0.3 is 0 Å². The number of nitrogens with zero attached hydrogens (tertiary/aromatic N) is 2. The minimum Gasteiger partial charge on any atom is -1.00 e. The highest BCUT2D eigenvalue weighted by Crippen LogP contribution is 2.15. The van der Waals surface area contributed by atoms with Gasteiger partial charge in [0.2, 0.25) is 0 Å². The summed E-state index contributed by atoms with van der Waals surface area (Å²) in [6, 6.07) is 0. The monoisotopic (exact) mass is 486 g/mol. The predicted molar refractivity (Wildman–Crippen MR) is 132 cm³/mol. The standard InChI is InChI=1S/C27H55N2.BrH/c1-4-6-7-8-9-10-11-12-13-14-15-16-17-18-19-20-22-28-23-21-26-29(3,25-5-2)27-24-28;/h5H,2,4,6-27H2,1,3H3;1H/q+1;/p-1. The van der Waals surface area contributed by atoms with Gasteiger partial charge in [-0.3, -0.25) is 4.90 Å². The SMILES string of the molecule is C=CC[N+]1(C)CCCN(CCCCCCCCCCCCCCCCCC)CC1.[Br-]. The van der Waals surface area contributed by atoms with E-state index in [0.717, 1.165) is 6.54 Å². The lowest BCUT2D eigenvalue weighted by atomic mass is 10.0. The summed E-state index contributed by atoms with van der Waals surface area (Å²) in [6.45, 7) is 13.9. The molecule has 1 aliphatic rings. The van der Waals surface area contributed by atoms with Gasteiger partial charge in [-0.1, -0.05) is 110 Å². The Labute approximate surface area is 201 Å². The highest BCUT2D eigenvalue weighted by atomic mass is 79.9. The summed E-state index contributed by atoms with van der Waals surface area (Å²) in [6.07, 6.45) is 26.8. The van der Waals surface area contributed by atoms with Crippen LogP contribution in [-0.2, 0) is 0 Å². The highest BCUT2D eigenvalue weighted by molar-refractivity contribution is 4.69. The zero-order valence-corrected chi connectivity index (χ0v) is 22.4. The summed E-state index contributed by atoms with van der Waals surface area (Å²) in [5.41, 5.74) is 0. The molecule has 30 heavy (non-hydrogen) atoms. The molecule has 0 bridgehead atoms. The van der Waals surface area contributed by atoms with Crippen LogP contribution < -0.4 is 17.0 Å². The molecule has 1 rings (SSSR count). The van der Waals surface area contributed by atoms with Crippen LogP contribution in [0.15, 0.2) is 12.7 Å². The molecule has 0 aromatic heterocycles. The molecule has 0 radical (unpaired) electrons. The van der Waals surface area contributed by atoms with Crippen LogP contribution in [0.1, 0.15) is 116 Å². The number of halogens is 1. The van der Waals surface area contributed by atoms with E-state index in [4.69, 9.17) is 0 Å². The fraction of sp³-hybridized carbons (Fsp3) is 0.926. The molecule has 0 amide bonds. The second-order valence-electron chi connectivity index (χ2n) is 10.0. The first-order valence-corrected chi connectivity index (χ1v) is 13.4. The third-order valence-corrected chi connectivity index (χ3v) is 7.03. The summed E-state index contributed by atoms with van der Waals surface area (Å²) in [7, 11) is 2.40. The van der Waals surface area contributed by atoms with E-state index in [1.165, 1.54) is 146 Å². The van der Waals surface area contributed by atoms with Crippen LogP contribution >= 0.6 is 0 Å². The van der Waals surface area contributed by atoms with Crippen LogP contribution in [0.25, 0.3) is 0 Å². The van der Waals surface area contributed by atoms with Gasteiger partial charge in [-0.25, -0.2) is 0 Å². The molecule has 0 spiro atoms. The molecule has 1 unspecified atom stereocenters. The van der Waals surface area contributed by atoms with E-state index >= 15 is 0 Å². The molecule has 1 saturated heterocycles. The van der Waals surface area contributed by atoms with Crippen LogP contribution in [0.2, 0.25) is 0 Å². The molecule has 0 aromatic rings. The Morgan fingerprint density at radius 2 is 1.17 bits per heavy atom. The molecule has 180 valence electrons. The molecule has 2 nitrogen and oxygen atoms in total.